The monoisotopic (exact) mass is 379 g/mol. The van der Waals surface area contributed by atoms with E-state index in [-0.39, 0.29) is 0 Å². The maximum absolute atomic E-state index is 6.25. The van der Waals surface area contributed by atoms with Gasteiger partial charge >= 0.3 is 0 Å². The molecule has 0 amide bonds. The summed E-state index contributed by atoms with van der Waals surface area (Å²) >= 11 is 5.21. The average Bonchev–Trinajstić information content (AvgIpc) is 3.17. The maximum Gasteiger partial charge on any atom is 0.167 e. The Hall–Kier alpha value is -1.47. The molecule has 116 valence electrons. The second-order valence-corrected chi connectivity index (χ2v) is 6.64. The van der Waals surface area contributed by atoms with Gasteiger partial charge in [0.05, 0.1) is 6.20 Å². The third kappa shape index (κ3) is 2.52. The summed E-state index contributed by atoms with van der Waals surface area (Å²) in [5.74, 6) is 1.47. The first kappa shape index (κ1) is 15.4. The van der Waals surface area contributed by atoms with E-state index in [1.807, 2.05) is 17.7 Å². The number of aromatic nitrogens is 3. The van der Waals surface area contributed by atoms with E-state index in [9.17, 15) is 0 Å². The van der Waals surface area contributed by atoms with Crippen LogP contribution < -0.4 is 10.6 Å². The fourth-order valence-electron chi connectivity index (χ4n) is 2.67. The Morgan fingerprint density at radius 3 is 2.82 bits per heavy atom. The number of anilines is 2. The summed E-state index contributed by atoms with van der Waals surface area (Å²) in [5, 5.41) is 6.42. The molecule has 3 heterocycles. The van der Waals surface area contributed by atoms with Gasteiger partial charge in [-0.3, -0.25) is 0 Å². The van der Waals surface area contributed by atoms with Crippen molar-refractivity contribution in [3.05, 3.63) is 34.3 Å². The molecule has 0 atom stereocenters. The lowest BCUT2D eigenvalue weighted by Crippen LogP contribution is -2.21. The molecular weight excluding hydrogens is 362 g/mol. The van der Waals surface area contributed by atoms with Gasteiger partial charge in [-0.1, -0.05) is 12.7 Å². The summed E-state index contributed by atoms with van der Waals surface area (Å²) < 4.78 is 2.49. The van der Waals surface area contributed by atoms with Crippen LogP contribution in [0.4, 0.5) is 11.6 Å². The largest absolute Gasteiger partial charge is 0.383 e. The molecule has 0 saturated carbocycles. The third-order valence-corrected chi connectivity index (χ3v) is 5.04. The van der Waals surface area contributed by atoms with Gasteiger partial charge in [-0.2, -0.15) is 9.61 Å². The minimum atomic E-state index is 0.575. The van der Waals surface area contributed by atoms with Crippen LogP contribution in [0, 0.1) is 0 Å². The van der Waals surface area contributed by atoms with Crippen LogP contribution in [-0.4, -0.2) is 33.9 Å². The first-order valence-electron chi connectivity index (χ1n) is 7.10. The van der Waals surface area contributed by atoms with Gasteiger partial charge < -0.3 is 10.6 Å². The number of fused-ring (bicyclic) bond motifs is 1. The molecule has 0 bridgehead atoms. The Bertz CT molecular complexity index is 746. The quantitative estimate of drug-likeness (QED) is 0.822. The van der Waals surface area contributed by atoms with E-state index in [4.69, 9.17) is 10.7 Å². The predicted octanol–water partition coefficient (Wildman–Crippen LogP) is 3.56. The van der Waals surface area contributed by atoms with Crippen LogP contribution >= 0.6 is 27.7 Å². The molecule has 0 unspecified atom stereocenters. The molecule has 1 aliphatic heterocycles. The highest BCUT2D eigenvalue weighted by Crippen LogP contribution is 2.34. The second kappa shape index (κ2) is 6.34. The van der Waals surface area contributed by atoms with Crippen molar-refractivity contribution in [1.29, 1.82) is 0 Å². The number of nitrogen functional groups attached to an aromatic ring is 1. The molecule has 2 N–H and O–H groups in total. The fourth-order valence-corrected chi connectivity index (χ4v) is 3.66. The predicted molar refractivity (Wildman–Crippen MR) is 98.2 cm³/mol. The lowest BCUT2D eigenvalue weighted by atomic mass is 10.1. The zero-order valence-corrected chi connectivity index (χ0v) is 14.8. The number of halogens is 1. The van der Waals surface area contributed by atoms with Gasteiger partial charge in [-0.05, 0) is 46.0 Å². The van der Waals surface area contributed by atoms with Crippen molar-refractivity contribution < 1.29 is 0 Å². The molecule has 5 nitrogen and oxygen atoms in total. The lowest BCUT2D eigenvalue weighted by molar-refractivity contribution is 0.899. The number of nitrogens with zero attached hydrogens (tertiary/aromatic N) is 4. The molecule has 0 aromatic carbocycles. The highest BCUT2D eigenvalue weighted by atomic mass is 79.9. The summed E-state index contributed by atoms with van der Waals surface area (Å²) in [7, 11) is 0. The molecule has 2 aromatic heterocycles. The van der Waals surface area contributed by atoms with Gasteiger partial charge in [0.15, 0.2) is 5.65 Å². The Balaban J connectivity index is 2.21. The average molecular weight is 380 g/mol. The Morgan fingerprint density at radius 1 is 1.45 bits per heavy atom. The van der Waals surface area contributed by atoms with Gasteiger partial charge in [0.1, 0.15) is 16.1 Å². The maximum atomic E-state index is 6.25. The summed E-state index contributed by atoms with van der Waals surface area (Å²) in [6.07, 6.45) is 8.01. The number of rotatable bonds is 4. The van der Waals surface area contributed by atoms with E-state index in [1.165, 1.54) is 12.8 Å². The molecule has 7 heteroatoms. The van der Waals surface area contributed by atoms with E-state index in [0.717, 1.165) is 40.2 Å². The molecule has 1 fully saturated rings. The summed E-state index contributed by atoms with van der Waals surface area (Å²) in [6.45, 7) is 5.91. The normalized spacial score (nSPS) is 15.7. The molecule has 1 saturated heterocycles. The SMILES string of the molecule is C=C/C(=C\SC)c1cnn2c(N)c(Br)c(N3CCCC3)nc12. The summed E-state index contributed by atoms with van der Waals surface area (Å²) in [6, 6.07) is 0. The van der Waals surface area contributed by atoms with E-state index < -0.39 is 0 Å². The van der Waals surface area contributed by atoms with Gasteiger partial charge in [0.25, 0.3) is 0 Å². The molecule has 0 spiro atoms. The Labute approximate surface area is 142 Å². The zero-order chi connectivity index (χ0) is 15.7. The minimum Gasteiger partial charge on any atom is -0.383 e. The van der Waals surface area contributed by atoms with Crippen LogP contribution in [0.15, 0.2) is 28.7 Å². The van der Waals surface area contributed by atoms with Crippen molar-refractivity contribution in [2.45, 2.75) is 12.8 Å². The summed E-state index contributed by atoms with van der Waals surface area (Å²) in [4.78, 5) is 7.10. The number of thioether (sulfide) groups is 1. The van der Waals surface area contributed by atoms with E-state index in [1.54, 1.807) is 22.5 Å². The number of hydrogen-bond donors (Lipinski definition) is 1. The van der Waals surface area contributed by atoms with Crippen molar-refractivity contribution in [3.63, 3.8) is 0 Å². The lowest BCUT2D eigenvalue weighted by Gasteiger charge is -2.19. The van der Waals surface area contributed by atoms with Gasteiger partial charge in [-0.25, -0.2) is 4.98 Å². The number of allylic oxidation sites excluding steroid dienone is 2. The van der Waals surface area contributed by atoms with Crippen molar-refractivity contribution in [2.75, 3.05) is 30.0 Å². The van der Waals surface area contributed by atoms with Crippen LogP contribution in [0.25, 0.3) is 11.2 Å². The molecule has 2 aromatic rings. The highest BCUT2D eigenvalue weighted by molar-refractivity contribution is 9.10. The molecule has 1 aliphatic rings. The van der Waals surface area contributed by atoms with Crippen LogP contribution in [0.3, 0.4) is 0 Å². The van der Waals surface area contributed by atoms with Crippen molar-refractivity contribution >= 4 is 50.5 Å². The van der Waals surface area contributed by atoms with Gasteiger partial charge in [0.2, 0.25) is 0 Å². The van der Waals surface area contributed by atoms with Crippen molar-refractivity contribution in [2.24, 2.45) is 0 Å². The molecule has 0 radical (unpaired) electrons. The number of nitrogens with two attached hydrogens (primary N) is 1. The van der Waals surface area contributed by atoms with Crippen molar-refractivity contribution in [1.82, 2.24) is 14.6 Å². The minimum absolute atomic E-state index is 0.575. The van der Waals surface area contributed by atoms with Crippen LogP contribution in [0.2, 0.25) is 0 Å². The zero-order valence-electron chi connectivity index (χ0n) is 12.4. The fraction of sp³-hybridized carbons (Fsp3) is 0.333. The van der Waals surface area contributed by atoms with E-state index in [2.05, 4.69) is 32.5 Å². The molecule has 0 aliphatic carbocycles. The van der Waals surface area contributed by atoms with Crippen LogP contribution in [-0.2, 0) is 0 Å². The van der Waals surface area contributed by atoms with Crippen molar-refractivity contribution in [3.8, 4) is 0 Å². The van der Waals surface area contributed by atoms with Crippen LogP contribution in [0.1, 0.15) is 18.4 Å². The van der Waals surface area contributed by atoms with E-state index >= 15 is 0 Å². The van der Waals surface area contributed by atoms with Crippen LogP contribution in [0.5, 0.6) is 0 Å². The second-order valence-electron chi connectivity index (χ2n) is 5.14. The standard InChI is InChI=1S/C15H18BrN5S/c1-3-10(9-22-2)11-8-18-21-13(17)12(16)15(19-14(11)21)20-6-4-5-7-20/h3,8-9H,1,4-7,17H2,2H3/b10-9+. The molecule has 3 rings (SSSR count). The topological polar surface area (TPSA) is 59.5 Å². The highest BCUT2D eigenvalue weighted by Gasteiger charge is 2.22. The smallest absolute Gasteiger partial charge is 0.167 e. The number of hydrogen-bond acceptors (Lipinski definition) is 5. The first-order chi connectivity index (χ1) is 10.7. The Kier molecular flexibility index (Phi) is 4.44. The van der Waals surface area contributed by atoms with Gasteiger partial charge in [-0.15, -0.1) is 11.8 Å². The first-order valence-corrected chi connectivity index (χ1v) is 9.19. The van der Waals surface area contributed by atoms with E-state index in [0.29, 0.717) is 5.82 Å². The van der Waals surface area contributed by atoms with Gasteiger partial charge in [0, 0.05) is 18.7 Å². The molecule has 22 heavy (non-hydrogen) atoms. The molecular formula is C15H18BrN5S. The third-order valence-electron chi connectivity index (χ3n) is 3.79. The Morgan fingerprint density at radius 2 is 2.18 bits per heavy atom. The summed E-state index contributed by atoms with van der Waals surface area (Å²) in [5.41, 5.74) is 8.97.